The number of anilines is 1. The average Bonchev–Trinajstić information content (AvgIpc) is 3.05. The number of nitrogens with zero attached hydrogens (tertiary/aromatic N) is 3. The third-order valence-corrected chi connectivity index (χ3v) is 5.12. The number of aromatic carboxylic acids is 1. The molecule has 0 aliphatic rings. The maximum Gasteiger partial charge on any atom is 0.335 e. The van der Waals surface area contributed by atoms with Crippen molar-refractivity contribution in [2.75, 3.05) is 11.1 Å². The fraction of sp³-hybridized carbons (Fsp3) is 0.200. The zero-order chi connectivity index (χ0) is 20.8. The van der Waals surface area contributed by atoms with Crippen LogP contribution in [0, 0.1) is 6.92 Å². The first kappa shape index (κ1) is 20.4. The summed E-state index contributed by atoms with van der Waals surface area (Å²) in [5.74, 6) is 0.230. The van der Waals surface area contributed by atoms with E-state index in [1.165, 1.54) is 23.9 Å². The van der Waals surface area contributed by atoms with Gasteiger partial charge in [-0.1, -0.05) is 36.0 Å². The average molecular weight is 412 g/mol. The van der Waals surface area contributed by atoms with Crippen molar-refractivity contribution >= 4 is 29.3 Å². The fourth-order valence-corrected chi connectivity index (χ4v) is 3.24. The Morgan fingerprint density at radius 2 is 1.97 bits per heavy atom. The maximum atomic E-state index is 12.2. The summed E-state index contributed by atoms with van der Waals surface area (Å²) < 4.78 is 7.57. The van der Waals surface area contributed by atoms with Crippen LogP contribution in [0.1, 0.15) is 21.7 Å². The Bertz CT molecular complexity index is 1030. The van der Waals surface area contributed by atoms with E-state index in [2.05, 4.69) is 15.5 Å². The van der Waals surface area contributed by atoms with E-state index in [1.54, 1.807) is 16.7 Å². The molecule has 0 saturated heterocycles. The standard InChI is InChI=1S/C20H20N4O4S/c1-13-6-3-4-9-16(13)28-11-17-22-23-20(24(17)2)29-12-18(25)21-15-8-5-7-14(10-15)19(26)27/h3-10H,11-12H2,1-2H3,(H,21,25)(H,26,27). The van der Waals surface area contributed by atoms with Gasteiger partial charge in [-0.05, 0) is 36.8 Å². The van der Waals surface area contributed by atoms with Crippen molar-refractivity contribution < 1.29 is 19.4 Å². The zero-order valence-electron chi connectivity index (χ0n) is 16.0. The number of aromatic nitrogens is 3. The van der Waals surface area contributed by atoms with Crippen LogP contribution in [-0.2, 0) is 18.4 Å². The predicted octanol–water partition coefficient (Wildman–Crippen LogP) is 3.13. The lowest BCUT2D eigenvalue weighted by Crippen LogP contribution is -2.15. The fourth-order valence-electron chi connectivity index (χ4n) is 2.51. The van der Waals surface area contributed by atoms with Gasteiger partial charge in [0.05, 0.1) is 11.3 Å². The van der Waals surface area contributed by atoms with Crippen molar-refractivity contribution in [3.63, 3.8) is 0 Å². The van der Waals surface area contributed by atoms with E-state index in [0.29, 0.717) is 16.7 Å². The summed E-state index contributed by atoms with van der Waals surface area (Å²) in [5.41, 5.74) is 1.58. The van der Waals surface area contributed by atoms with E-state index < -0.39 is 5.97 Å². The summed E-state index contributed by atoms with van der Waals surface area (Å²) in [4.78, 5) is 23.2. The normalized spacial score (nSPS) is 10.6. The Morgan fingerprint density at radius 3 is 2.72 bits per heavy atom. The van der Waals surface area contributed by atoms with Gasteiger partial charge in [0, 0.05) is 12.7 Å². The summed E-state index contributed by atoms with van der Waals surface area (Å²) >= 11 is 1.24. The molecule has 2 aromatic carbocycles. The van der Waals surface area contributed by atoms with E-state index in [1.807, 2.05) is 38.2 Å². The van der Waals surface area contributed by atoms with Crippen LogP contribution >= 0.6 is 11.8 Å². The van der Waals surface area contributed by atoms with E-state index in [4.69, 9.17) is 9.84 Å². The summed E-state index contributed by atoms with van der Waals surface area (Å²) in [6, 6.07) is 13.8. The van der Waals surface area contributed by atoms with Crippen LogP contribution in [0.5, 0.6) is 5.75 Å². The van der Waals surface area contributed by atoms with Crippen molar-refractivity contribution in [2.24, 2.45) is 7.05 Å². The first-order chi connectivity index (χ1) is 13.9. The number of para-hydroxylation sites is 1. The summed E-state index contributed by atoms with van der Waals surface area (Å²) in [6.07, 6.45) is 0. The second-order valence-corrected chi connectivity index (χ2v) is 7.18. The Balaban J connectivity index is 1.54. The van der Waals surface area contributed by atoms with Gasteiger partial charge in [-0.15, -0.1) is 10.2 Å². The Labute approximate surface area is 171 Å². The molecular formula is C20H20N4O4S. The highest BCUT2D eigenvalue weighted by atomic mass is 32.2. The Morgan fingerprint density at radius 1 is 1.17 bits per heavy atom. The molecule has 8 nitrogen and oxygen atoms in total. The highest BCUT2D eigenvalue weighted by Gasteiger charge is 2.13. The van der Waals surface area contributed by atoms with Crippen molar-refractivity contribution in [2.45, 2.75) is 18.7 Å². The van der Waals surface area contributed by atoms with Crippen LogP contribution in [0.3, 0.4) is 0 Å². The molecule has 0 aliphatic carbocycles. The molecule has 0 bridgehead atoms. The van der Waals surface area contributed by atoms with Crippen LogP contribution in [-0.4, -0.2) is 37.5 Å². The molecule has 29 heavy (non-hydrogen) atoms. The number of carbonyl (C=O) groups is 2. The van der Waals surface area contributed by atoms with Gasteiger partial charge in [0.1, 0.15) is 12.4 Å². The van der Waals surface area contributed by atoms with Gasteiger partial charge >= 0.3 is 5.97 Å². The number of rotatable bonds is 8. The van der Waals surface area contributed by atoms with Gasteiger partial charge in [-0.2, -0.15) is 0 Å². The van der Waals surface area contributed by atoms with Gasteiger partial charge in [0.25, 0.3) is 0 Å². The highest BCUT2D eigenvalue weighted by molar-refractivity contribution is 7.99. The molecule has 0 atom stereocenters. The number of carboxylic acids is 1. The number of benzene rings is 2. The number of amides is 1. The summed E-state index contributed by atoms with van der Waals surface area (Å²) in [5, 5.41) is 20.5. The van der Waals surface area contributed by atoms with Crippen LogP contribution in [0.2, 0.25) is 0 Å². The third-order valence-electron chi connectivity index (χ3n) is 4.10. The molecule has 0 unspecified atom stereocenters. The largest absolute Gasteiger partial charge is 0.485 e. The number of thioether (sulfide) groups is 1. The lowest BCUT2D eigenvalue weighted by atomic mass is 10.2. The lowest BCUT2D eigenvalue weighted by Gasteiger charge is -2.09. The summed E-state index contributed by atoms with van der Waals surface area (Å²) in [7, 11) is 1.81. The van der Waals surface area contributed by atoms with Crippen LogP contribution in [0.4, 0.5) is 5.69 Å². The zero-order valence-corrected chi connectivity index (χ0v) is 16.8. The molecule has 9 heteroatoms. The second-order valence-electron chi connectivity index (χ2n) is 6.23. The topological polar surface area (TPSA) is 106 Å². The van der Waals surface area contributed by atoms with Crippen molar-refractivity contribution in [3.05, 3.63) is 65.5 Å². The van der Waals surface area contributed by atoms with Gasteiger partial charge in [-0.3, -0.25) is 4.79 Å². The van der Waals surface area contributed by atoms with Crippen LogP contribution in [0.15, 0.2) is 53.7 Å². The van der Waals surface area contributed by atoms with E-state index in [-0.39, 0.29) is 23.8 Å². The molecule has 1 heterocycles. The minimum absolute atomic E-state index is 0.113. The Hall–Kier alpha value is -3.33. The molecule has 1 aromatic heterocycles. The maximum absolute atomic E-state index is 12.2. The second kappa shape index (κ2) is 9.24. The van der Waals surface area contributed by atoms with Crippen molar-refractivity contribution in [1.29, 1.82) is 0 Å². The van der Waals surface area contributed by atoms with E-state index in [9.17, 15) is 9.59 Å². The molecule has 3 rings (SSSR count). The molecule has 1 amide bonds. The van der Waals surface area contributed by atoms with E-state index >= 15 is 0 Å². The lowest BCUT2D eigenvalue weighted by molar-refractivity contribution is -0.113. The monoisotopic (exact) mass is 412 g/mol. The number of hydrogen-bond donors (Lipinski definition) is 2. The molecule has 0 aliphatic heterocycles. The Kier molecular flexibility index (Phi) is 6.50. The molecule has 0 spiro atoms. The molecule has 2 N–H and O–H groups in total. The first-order valence-electron chi connectivity index (χ1n) is 8.76. The number of aryl methyl sites for hydroxylation is 1. The quantitative estimate of drug-likeness (QED) is 0.548. The molecule has 0 saturated carbocycles. The third kappa shape index (κ3) is 5.35. The molecule has 0 fully saturated rings. The predicted molar refractivity (Wildman–Crippen MR) is 109 cm³/mol. The number of carboxylic acid groups (broad SMARTS) is 1. The number of carbonyl (C=O) groups excluding carboxylic acids is 1. The first-order valence-corrected chi connectivity index (χ1v) is 9.75. The number of nitrogens with one attached hydrogen (secondary N) is 1. The van der Waals surface area contributed by atoms with Gasteiger partial charge in [0.15, 0.2) is 11.0 Å². The van der Waals surface area contributed by atoms with Gasteiger partial charge in [-0.25, -0.2) is 4.79 Å². The molecule has 0 radical (unpaired) electrons. The summed E-state index contributed by atoms with van der Waals surface area (Å²) in [6.45, 7) is 2.24. The van der Waals surface area contributed by atoms with Crippen molar-refractivity contribution in [3.8, 4) is 5.75 Å². The molecular weight excluding hydrogens is 392 g/mol. The molecule has 3 aromatic rings. The molecule has 150 valence electrons. The van der Waals surface area contributed by atoms with Crippen LogP contribution < -0.4 is 10.1 Å². The highest BCUT2D eigenvalue weighted by Crippen LogP contribution is 2.20. The minimum atomic E-state index is -1.05. The number of hydrogen-bond acceptors (Lipinski definition) is 6. The van der Waals surface area contributed by atoms with Gasteiger partial charge < -0.3 is 19.7 Å². The van der Waals surface area contributed by atoms with E-state index in [0.717, 1.165) is 11.3 Å². The minimum Gasteiger partial charge on any atom is -0.485 e. The number of ether oxygens (including phenoxy) is 1. The smallest absolute Gasteiger partial charge is 0.335 e. The van der Waals surface area contributed by atoms with Crippen LogP contribution in [0.25, 0.3) is 0 Å². The van der Waals surface area contributed by atoms with Gasteiger partial charge in [0.2, 0.25) is 5.91 Å². The SMILES string of the molecule is Cc1ccccc1OCc1nnc(SCC(=O)Nc2cccc(C(=O)O)c2)n1C. The van der Waals surface area contributed by atoms with Crippen molar-refractivity contribution in [1.82, 2.24) is 14.8 Å².